The molecular weight excluding hydrogens is 242 g/mol. The van der Waals surface area contributed by atoms with E-state index in [9.17, 15) is 14.9 Å². The third kappa shape index (κ3) is 2.25. The highest BCUT2D eigenvalue weighted by molar-refractivity contribution is 6.03. The summed E-state index contributed by atoms with van der Waals surface area (Å²) in [7, 11) is 0. The van der Waals surface area contributed by atoms with E-state index in [0.29, 0.717) is 0 Å². The Labute approximate surface area is 110 Å². The van der Waals surface area contributed by atoms with Crippen LogP contribution in [0.1, 0.15) is 15.9 Å². The predicted molar refractivity (Wildman–Crippen MR) is 71.2 cm³/mol. The average molecular weight is 254 g/mol. The lowest BCUT2D eigenvalue weighted by Gasteiger charge is -2.19. The third-order valence-corrected chi connectivity index (χ3v) is 2.97. The van der Waals surface area contributed by atoms with Crippen LogP contribution in [0.5, 0.6) is 0 Å². The van der Waals surface area contributed by atoms with Crippen LogP contribution in [0, 0.1) is 17.0 Å². The number of nitro groups is 1. The summed E-state index contributed by atoms with van der Waals surface area (Å²) in [6, 6.07) is 16.3. The van der Waals surface area contributed by atoms with E-state index in [1.807, 2.05) is 0 Å². The van der Waals surface area contributed by atoms with Crippen molar-refractivity contribution < 1.29 is 9.72 Å². The van der Waals surface area contributed by atoms with Crippen molar-refractivity contribution in [2.24, 2.45) is 0 Å². The molecule has 0 bridgehead atoms. The van der Waals surface area contributed by atoms with Gasteiger partial charge in [0.1, 0.15) is 0 Å². The summed E-state index contributed by atoms with van der Waals surface area (Å²) in [4.78, 5) is 23.1. The first-order valence-corrected chi connectivity index (χ1v) is 5.72. The molecule has 0 aliphatic rings. The Hall–Kier alpha value is -2.49. The Balaban J connectivity index is 2.53. The smallest absolute Gasteiger partial charge is 0.286 e. The lowest BCUT2D eigenvalue weighted by molar-refractivity contribution is -0.544. The van der Waals surface area contributed by atoms with Gasteiger partial charge in [0.25, 0.3) is 0 Å². The van der Waals surface area contributed by atoms with E-state index < -0.39 is 16.2 Å². The minimum absolute atomic E-state index is 0.272. The Bertz CT molecular complexity index is 595. The molecule has 19 heavy (non-hydrogen) atoms. The van der Waals surface area contributed by atoms with Gasteiger partial charge >= 0.3 is 5.54 Å². The minimum Gasteiger partial charge on any atom is -0.286 e. The molecule has 4 nitrogen and oxygen atoms in total. The molecule has 0 N–H and O–H groups in total. The number of nitrogens with zero attached hydrogens (tertiary/aromatic N) is 1. The summed E-state index contributed by atoms with van der Waals surface area (Å²) in [6.45, 7) is 3.57. The standard InChI is InChI=1S/C15H12NO3/c1-15(16(18)19,13-10-6-3-7-11-13)14(17)12-8-4-2-5-9-12/h2-11H,1H2. The van der Waals surface area contributed by atoms with Gasteiger partial charge in [-0.2, -0.15) is 0 Å². The zero-order valence-corrected chi connectivity index (χ0v) is 10.2. The van der Waals surface area contributed by atoms with Gasteiger partial charge in [0.15, 0.2) is 0 Å². The first-order chi connectivity index (χ1) is 9.06. The maximum Gasteiger partial charge on any atom is 0.308 e. The van der Waals surface area contributed by atoms with Crippen LogP contribution in [0.3, 0.4) is 0 Å². The maximum absolute atomic E-state index is 12.4. The van der Waals surface area contributed by atoms with Crippen LogP contribution in [0.25, 0.3) is 0 Å². The second kappa shape index (κ2) is 5.02. The molecule has 0 aliphatic heterocycles. The van der Waals surface area contributed by atoms with Crippen LogP contribution in [-0.2, 0) is 5.54 Å². The molecule has 0 aliphatic carbocycles. The predicted octanol–water partition coefficient (Wildman–Crippen LogP) is 2.88. The molecule has 2 rings (SSSR count). The molecule has 95 valence electrons. The molecule has 0 saturated heterocycles. The van der Waals surface area contributed by atoms with Gasteiger partial charge in [-0.05, 0) is 0 Å². The summed E-state index contributed by atoms with van der Waals surface area (Å²) in [5, 5.41) is 11.4. The van der Waals surface area contributed by atoms with E-state index >= 15 is 0 Å². The van der Waals surface area contributed by atoms with Crippen LogP contribution >= 0.6 is 0 Å². The van der Waals surface area contributed by atoms with E-state index in [1.54, 1.807) is 48.5 Å². The van der Waals surface area contributed by atoms with Gasteiger partial charge in [0.2, 0.25) is 5.78 Å². The van der Waals surface area contributed by atoms with Gasteiger partial charge in [0.05, 0.1) is 0 Å². The van der Waals surface area contributed by atoms with Gasteiger partial charge in [0, 0.05) is 23.0 Å². The Morgan fingerprint density at radius 1 is 1.00 bits per heavy atom. The largest absolute Gasteiger partial charge is 0.308 e. The summed E-state index contributed by atoms with van der Waals surface area (Å²) in [5.74, 6) is -0.621. The summed E-state index contributed by atoms with van der Waals surface area (Å²) >= 11 is 0. The number of hydrogen-bond acceptors (Lipinski definition) is 3. The first kappa shape index (κ1) is 13.0. The van der Waals surface area contributed by atoms with Crippen LogP contribution in [-0.4, -0.2) is 10.7 Å². The van der Waals surface area contributed by atoms with E-state index in [2.05, 4.69) is 6.92 Å². The molecule has 0 amide bonds. The van der Waals surface area contributed by atoms with Crippen molar-refractivity contribution in [2.75, 3.05) is 0 Å². The quantitative estimate of drug-likeness (QED) is 0.479. The number of carbonyl (C=O) groups excluding carboxylic acids is 1. The van der Waals surface area contributed by atoms with Gasteiger partial charge in [-0.1, -0.05) is 60.7 Å². The number of Topliss-reactive ketones (excluding diaryl/α,β-unsaturated/α-hetero) is 1. The minimum atomic E-state index is -2.01. The number of benzene rings is 2. The van der Waals surface area contributed by atoms with Crippen molar-refractivity contribution in [3.8, 4) is 0 Å². The summed E-state index contributed by atoms with van der Waals surface area (Å²) < 4.78 is 0. The molecular formula is C15H12NO3. The highest BCUT2D eigenvalue weighted by Crippen LogP contribution is 2.28. The molecule has 2 aromatic rings. The lowest BCUT2D eigenvalue weighted by atomic mass is 9.85. The van der Waals surface area contributed by atoms with E-state index in [0.717, 1.165) is 0 Å². The molecule has 0 saturated carbocycles. The molecule has 4 heteroatoms. The van der Waals surface area contributed by atoms with Crippen molar-refractivity contribution >= 4 is 5.78 Å². The molecule has 0 fully saturated rings. The molecule has 2 aromatic carbocycles. The van der Waals surface area contributed by atoms with Crippen LogP contribution in [0.4, 0.5) is 0 Å². The molecule has 0 aromatic heterocycles. The number of carbonyl (C=O) groups is 1. The fraction of sp³-hybridized carbons (Fsp3) is 0.0667. The summed E-state index contributed by atoms with van der Waals surface area (Å²) in [6.07, 6.45) is 0. The van der Waals surface area contributed by atoms with Crippen molar-refractivity contribution in [2.45, 2.75) is 5.54 Å². The SMILES string of the molecule is [CH2]C(C(=O)c1ccccc1)(c1ccccc1)[N+](=O)[O-]. The first-order valence-electron chi connectivity index (χ1n) is 5.72. The molecule has 0 heterocycles. The van der Waals surface area contributed by atoms with Crippen LogP contribution < -0.4 is 0 Å². The Kier molecular flexibility index (Phi) is 3.42. The van der Waals surface area contributed by atoms with Gasteiger partial charge in [-0.25, -0.2) is 0 Å². The molecule has 0 spiro atoms. The van der Waals surface area contributed by atoms with Crippen molar-refractivity contribution in [3.63, 3.8) is 0 Å². The summed E-state index contributed by atoms with van der Waals surface area (Å²) in [5.41, 5.74) is -1.46. The molecule has 1 unspecified atom stereocenters. The second-order valence-electron chi connectivity index (χ2n) is 4.18. The number of hydrogen-bond donors (Lipinski definition) is 0. The highest BCUT2D eigenvalue weighted by atomic mass is 16.6. The van der Waals surface area contributed by atoms with Crippen molar-refractivity contribution in [3.05, 3.63) is 88.8 Å². The van der Waals surface area contributed by atoms with E-state index in [4.69, 9.17) is 0 Å². The van der Waals surface area contributed by atoms with Crippen molar-refractivity contribution in [1.29, 1.82) is 0 Å². The second-order valence-corrected chi connectivity index (χ2v) is 4.18. The normalized spacial score (nSPS) is 13.5. The molecule has 1 atom stereocenters. The van der Waals surface area contributed by atoms with Crippen molar-refractivity contribution in [1.82, 2.24) is 0 Å². The third-order valence-electron chi connectivity index (χ3n) is 2.97. The Morgan fingerprint density at radius 3 is 1.95 bits per heavy atom. The number of rotatable bonds is 4. The average Bonchev–Trinajstić information content (AvgIpc) is 2.47. The maximum atomic E-state index is 12.4. The fourth-order valence-corrected chi connectivity index (χ4v) is 1.86. The van der Waals surface area contributed by atoms with Gasteiger partial charge in [-0.15, -0.1) is 0 Å². The Morgan fingerprint density at radius 2 is 1.47 bits per heavy atom. The monoisotopic (exact) mass is 254 g/mol. The van der Waals surface area contributed by atoms with Crippen LogP contribution in [0.2, 0.25) is 0 Å². The number of ketones is 1. The highest BCUT2D eigenvalue weighted by Gasteiger charge is 2.48. The van der Waals surface area contributed by atoms with E-state index in [1.165, 1.54) is 12.1 Å². The topological polar surface area (TPSA) is 60.2 Å². The van der Waals surface area contributed by atoms with Gasteiger partial charge < -0.3 is 0 Å². The lowest BCUT2D eigenvalue weighted by Crippen LogP contribution is -2.41. The molecule has 1 radical (unpaired) electrons. The van der Waals surface area contributed by atoms with Gasteiger partial charge in [-0.3, -0.25) is 14.9 Å². The fourth-order valence-electron chi connectivity index (χ4n) is 1.86. The zero-order valence-electron chi connectivity index (χ0n) is 10.2. The van der Waals surface area contributed by atoms with Crippen LogP contribution in [0.15, 0.2) is 60.7 Å². The van der Waals surface area contributed by atoms with E-state index in [-0.39, 0.29) is 11.1 Å². The zero-order chi connectivity index (χ0) is 13.9.